The van der Waals surface area contributed by atoms with E-state index >= 15 is 0 Å². The van der Waals surface area contributed by atoms with E-state index in [0.717, 1.165) is 6.42 Å². The van der Waals surface area contributed by atoms with Crippen LogP contribution in [0.5, 0.6) is 0 Å². The summed E-state index contributed by atoms with van der Waals surface area (Å²) in [5.41, 5.74) is 1.66. The van der Waals surface area contributed by atoms with Crippen molar-refractivity contribution in [2.24, 2.45) is 5.41 Å². The van der Waals surface area contributed by atoms with E-state index in [0.29, 0.717) is 5.03 Å². The van der Waals surface area contributed by atoms with Crippen LogP contribution in [0.3, 0.4) is 0 Å². The SMILES string of the molecule is C=C(Cl)/C=C\C=C(/CC)C(C)(C)C. The van der Waals surface area contributed by atoms with Gasteiger partial charge in [-0.25, -0.2) is 0 Å². The topological polar surface area (TPSA) is 0 Å². The summed E-state index contributed by atoms with van der Waals surface area (Å²) >= 11 is 5.61. The fourth-order valence-corrected chi connectivity index (χ4v) is 1.24. The minimum atomic E-state index is 0.243. The average Bonchev–Trinajstić information content (AvgIpc) is 1.95. The fourth-order valence-electron chi connectivity index (χ4n) is 1.17. The molecule has 0 aliphatic rings. The minimum Gasteiger partial charge on any atom is -0.0850 e. The molecule has 0 aromatic heterocycles. The molecule has 0 saturated carbocycles. The Morgan fingerprint density at radius 1 is 1.38 bits per heavy atom. The molecule has 0 fully saturated rings. The number of rotatable bonds is 3. The van der Waals surface area contributed by atoms with Gasteiger partial charge in [-0.3, -0.25) is 0 Å². The first-order valence-corrected chi connectivity index (χ1v) is 4.98. The Kier molecular flexibility index (Phi) is 5.09. The molecule has 0 unspecified atom stereocenters. The predicted octanol–water partition coefficient (Wildman–Crippen LogP) is 4.68. The van der Waals surface area contributed by atoms with Crippen molar-refractivity contribution in [2.75, 3.05) is 0 Å². The Morgan fingerprint density at radius 2 is 1.92 bits per heavy atom. The third kappa shape index (κ3) is 5.70. The maximum Gasteiger partial charge on any atom is 0.0334 e. The van der Waals surface area contributed by atoms with Crippen LogP contribution in [0.4, 0.5) is 0 Å². The third-order valence-electron chi connectivity index (χ3n) is 1.92. The Hall–Kier alpha value is -0.490. The Labute approximate surface area is 87.0 Å². The predicted molar refractivity (Wildman–Crippen MR) is 62.0 cm³/mol. The zero-order valence-corrected chi connectivity index (χ0v) is 9.78. The zero-order valence-electron chi connectivity index (χ0n) is 9.02. The number of halogens is 1. The lowest BCUT2D eigenvalue weighted by molar-refractivity contribution is 0.488. The van der Waals surface area contributed by atoms with Gasteiger partial charge in [-0.2, -0.15) is 0 Å². The van der Waals surface area contributed by atoms with Crippen molar-refractivity contribution >= 4 is 11.6 Å². The lowest BCUT2D eigenvalue weighted by atomic mass is 9.84. The van der Waals surface area contributed by atoms with Crippen molar-refractivity contribution in [3.8, 4) is 0 Å². The number of allylic oxidation sites excluding steroid dienone is 5. The molecule has 0 bridgehead atoms. The Balaban J connectivity index is 4.50. The molecule has 74 valence electrons. The van der Waals surface area contributed by atoms with Crippen LogP contribution in [-0.2, 0) is 0 Å². The molecular formula is C12H19Cl. The van der Waals surface area contributed by atoms with Crippen molar-refractivity contribution in [2.45, 2.75) is 34.1 Å². The van der Waals surface area contributed by atoms with Gasteiger partial charge in [0.2, 0.25) is 0 Å². The maximum absolute atomic E-state index is 5.61. The summed E-state index contributed by atoms with van der Waals surface area (Å²) in [6, 6.07) is 0. The summed E-state index contributed by atoms with van der Waals surface area (Å²) in [7, 11) is 0. The number of hydrogen-bond acceptors (Lipinski definition) is 0. The van der Waals surface area contributed by atoms with Gasteiger partial charge in [0.15, 0.2) is 0 Å². The molecule has 0 radical (unpaired) electrons. The molecule has 0 saturated heterocycles. The largest absolute Gasteiger partial charge is 0.0850 e. The lowest BCUT2D eigenvalue weighted by Gasteiger charge is -2.21. The summed E-state index contributed by atoms with van der Waals surface area (Å²) < 4.78 is 0. The second kappa shape index (κ2) is 5.29. The molecule has 0 aliphatic carbocycles. The molecule has 0 atom stereocenters. The third-order valence-corrected chi connectivity index (χ3v) is 2.04. The normalized spacial score (nSPS) is 13.8. The molecule has 0 rings (SSSR count). The van der Waals surface area contributed by atoms with Crippen molar-refractivity contribution in [1.29, 1.82) is 0 Å². The molecule has 1 heteroatoms. The second-order valence-electron chi connectivity index (χ2n) is 4.10. The van der Waals surface area contributed by atoms with Gasteiger partial charge in [0.05, 0.1) is 0 Å². The van der Waals surface area contributed by atoms with Crippen LogP contribution in [0.15, 0.2) is 35.4 Å². The van der Waals surface area contributed by atoms with Crippen molar-refractivity contribution in [1.82, 2.24) is 0 Å². The lowest BCUT2D eigenvalue weighted by Crippen LogP contribution is -2.08. The standard InChI is InChI=1S/C12H19Cl/c1-6-11(12(3,4)5)9-7-8-10(2)13/h7-9H,2,6H2,1,3-5H3/b8-7-,11-9+. The van der Waals surface area contributed by atoms with E-state index in [2.05, 4.69) is 40.3 Å². The quantitative estimate of drug-likeness (QED) is 0.578. The van der Waals surface area contributed by atoms with Gasteiger partial charge in [0.25, 0.3) is 0 Å². The summed E-state index contributed by atoms with van der Waals surface area (Å²) in [5.74, 6) is 0. The molecule has 0 nitrogen and oxygen atoms in total. The molecule has 13 heavy (non-hydrogen) atoms. The molecule has 0 aliphatic heterocycles. The van der Waals surface area contributed by atoms with E-state index in [4.69, 9.17) is 11.6 Å². The van der Waals surface area contributed by atoms with Gasteiger partial charge >= 0.3 is 0 Å². The van der Waals surface area contributed by atoms with Crippen molar-refractivity contribution in [3.05, 3.63) is 35.4 Å². The Morgan fingerprint density at radius 3 is 2.23 bits per heavy atom. The van der Waals surface area contributed by atoms with Crippen LogP contribution in [0.2, 0.25) is 0 Å². The first-order chi connectivity index (χ1) is 5.88. The fraction of sp³-hybridized carbons (Fsp3) is 0.500. The molecule has 0 amide bonds. The summed E-state index contributed by atoms with van der Waals surface area (Å²) in [6.45, 7) is 12.4. The highest BCUT2D eigenvalue weighted by atomic mass is 35.5. The van der Waals surface area contributed by atoms with Crippen LogP contribution >= 0.6 is 11.6 Å². The number of hydrogen-bond donors (Lipinski definition) is 0. The van der Waals surface area contributed by atoms with Gasteiger partial charge in [0.1, 0.15) is 0 Å². The molecular weight excluding hydrogens is 180 g/mol. The maximum atomic E-state index is 5.61. The van der Waals surface area contributed by atoms with Crippen molar-refractivity contribution < 1.29 is 0 Å². The van der Waals surface area contributed by atoms with Gasteiger partial charge < -0.3 is 0 Å². The summed E-state index contributed by atoms with van der Waals surface area (Å²) in [4.78, 5) is 0. The van der Waals surface area contributed by atoms with E-state index in [-0.39, 0.29) is 5.41 Å². The van der Waals surface area contributed by atoms with Gasteiger partial charge in [-0.15, -0.1) is 0 Å². The molecule has 0 heterocycles. The highest BCUT2D eigenvalue weighted by Gasteiger charge is 2.13. The van der Waals surface area contributed by atoms with Crippen LogP contribution in [-0.4, -0.2) is 0 Å². The molecule has 0 spiro atoms. The summed E-state index contributed by atoms with van der Waals surface area (Å²) in [5, 5.41) is 0.570. The first-order valence-electron chi connectivity index (χ1n) is 4.60. The van der Waals surface area contributed by atoms with Crippen LogP contribution < -0.4 is 0 Å². The van der Waals surface area contributed by atoms with Crippen LogP contribution in [0.1, 0.15) is 34.1 Å². The van der Waals surface area contributed by atoms with E-state index in [1.54, 1.807) is 0 Å². The highest BCUT2D eigenvalue weighted by molar-refractivity contribution is 6.30. The smallest absolute Gasteiger partial charge is 0.0334 e. The van der Waals surface area contributed by atoms with E-state index in [9.17, 15) is 0 Å². The molecule has 0 N–H and O–H groups in total. The first kappa shape index (κ1) is 12.5. The van der Waals surface area contributed by atoms with E-state index in [1.165, 1.54) is 5.57 Å². The highest BCUT2D eigenvalue weighted by Crippen LogP contribution is 2.27. The van der Waals surface area contributed by atoms with E-state index < -0.39 is 0 Å². The van der Waals surface area contributed by atoms with Crippen LogP contribution in [0, 0.1) is 5.41 Å². The average molecular weight is 199 g/mol. The summed E-state index contributed by atoms with van der Waals surface area (Å²) in [6.07, 6.45) is 6.96. The second-order valence-corrected chi connectivity index (χ2v) is 4.59. The van der Waals surface area contributed by atoms with Crippen molar-refractivity contribution in [3.63, 3.8) is 0 Å². The molecule has 0 aromatic rings. The van der Waals surface area contributed by atoms with Gasteiger partial charge in [-0.1, -0.05) is 63.6 Å². The zero-order chi connectivity index (χ0) is 10.5. The van der Waals surface area contributed by atoms with Gasteiger partial charge in [0, 0.05) is 5.03 Å². The minimum absolute atomic E-state index is 0.243. The van der Waals surface area contributed by atoms with Gasteiger partial charge in [-0.05, 0) is 17.9 Å². The van der Waals surface area contributed by atoms with Crippen LogP contribution in [0.25, 0.3) is 0 Å². The Bertz CT molecular complexity index is 226. The molecule has 0 aromatic carbocycles. The monoisotopic (exact) mass is 198 g/mol. The van der Waals surface area contributed by atoms with E-state index in [1.807, 2.05) is 12.2 Å².